The summed E-state index contributed by atoms with van der Waals surface area (Å²) in [4.78, 5) is 21.7. The quantitative estimate of drug-likeness (QED) is 0.540. The van der Waals surface area contributed by atoms with E-state index in [1.165, 1.54) is 4.31 Å². The van der Waals surface area contributed by atoms with Gasteiger partial charge in [0.25, 0.3) is 5.91 Å². The number of carbonyl (C=O) groups is 1. The smallest absolute Gasteiger partial charge is 0.275 e. The van der Waals surface area contributed by atoms with E-state index in [0.29, 0.717) is 30.3 Å². The van der Waals surface area contributed by atoms with Crippen molar-refractivity contribution >= 4 is 21.7 Å². The van der Waals surface area contributed by atoms with Crippen LogP contribution in [0.4, 0.5) is 5.82 Å². The number of carbonyl (C=O) groups excluding carboxylic acids is 1. The maximum Gasteiger partial charge on any atom is 0.275 e. The molecule has 0 fully saturated rings. The van der Waals surface area contributed by atoms with Gasteiger partial charge in [0.15, 0.2) is 0 Å². The van der Waals surface area contributed by atoms with E-state index in [1.54, 1.807) is 35.1 Å². The van der Waals surface area contributed by atoms with Gasteiger partial charge in [0.05, 0.1) is 11.8 Å². The molecule has 0 atom stereocenters. The molecule has 0 spiro atoms. The number of pyridine rings is 2. The van der Waals surface area contributed by atoms with Crippen molar-refractivity contribution in [1.82, 2.24) is 34.5 Å². The fourth-order valence-corrected chi connectivity index (χ4v) is 5.58. The molecule has 11 nitrogen and oxygen atoms in total. The fraction of sp³-hybridized carbons (Fsp3) is 0.455. The fourth-order valence-electron chi connectivity index (χ4n) is 3.82. The Morgan fingerprint density at radius 1 is 1.18 bits per heavy atom. The lowest BCUT2D eigenvalue weighted by Gasteiger charge is -2.28. The predicted molar refractivity (Wildman–Crippen MR) is 126 cm³/mol. The van der Waals surface area contributed by atoms with Crippen LogP contribution in [0, 0.1) is 5.92 Å². The molecule has 4 rings (SSSR count). The second-order valence-corrected chi connectivity index (χ2v) is 11.0. The van der Waals surface area contributed by atoms with Crippen molar-refractivity contribution in [3.63, 3.8) is 0 Å². The van der Waals surface area contributed by atoms with E-state index in [2.05, 4.69) is 30.8 Å². The molecule has 12 heteroatoms. The van der Waals surface area contributed by atoms with Gasteiger partial charge in [0, 0.05) is 19.3 Å². The van der Waals surface area contributed by atoms with Gasteiger partial charge in [-0.15, -0.1) is 5.10 Å². The third kappa shape index (κ3) is 5.12. The Labute approximate surface area is 198 Å². The number of tetrazole rings is 1. The van der Waals surface area contributed by atoms with Crippen molar-refractivity contribution in [3.05, 3.63) is 47.3 Å². The van der Waals surface area contributed by atoms with Crippen molar-refractivity contribution in [2.45, 2.75) is 46.7 Å². The van der Waals surface area contributed by atoms with Crippen LogP contribution in [0.25, 0.3) is 11.5 Å². The third-order valence-electron chi connectivity index (χ3n) is 5.43. The molecule has 4 heterocycles. The maximum atomic E-state index is 12.9. The molecule has 3 aromatic heterocycles. The highest BCUT2D eigenvalue weighted by Gasteiger charge is 2.28. The Hall–Kier alpha value is -3.25. The van der Waals surface area contributed by atoms with Gasteiger partial charge in [-0.05, 0) is 65.9 Å². The maximum absolute atomic E-state index is 12.9. The molecule has 3 aromatic rings. The Balaban J connectivity index is 1.52. The highest BCUT2D eigenvalue weighted by molar-refractivity contribution is 7.89. The average Bonchev–Trinajstić information content (AvgIpc) is 3.28. The molecule has 0 bridgehead atoms. The van der Waals surface area contributed by atoms with E-state index >= 15 is 0 Å². The molecular weight excluding hydrogens is 456 g/mol. The minimum atomic E-state index is -3.36. The van der Waals surface area contributed by atoms with E-state index in [0.717, 1.165) is 11.1 Å². The Morgan fingerprint density at radius 3 is 2.71 bits per heavy atom. The molecule has 0 aromatic carbocycles. The van der Waals surface area contributed by atoms with Crippen LogP contribution in [0.2, 0.25) is 0 Å². The van der Waals surface area contributed by atoms with E-state index in [-0.39, 0.29) is 30.0 Å². The van der Waals surface area contributed by atoms with Crippen LogP contribution < -0.4 is 5.32 Å². The molecule has 0 saturated carbocycles. The van der Waals surface area contributed by atoms with E-state index in [9.17, 15) is 13.2 Å². The lowest BCUT2D eigenvalue weighted by Crippen LogP contribution is -2.38. The lowest BCUT2D eigenvalue weighted by molar-refractivity contribution is 0.102. The van der Waals surface area contributed by atoms with E-state index in [4.69, 9.17) is 0 Å². The van der Waals surface area contributed by atoms with Gasteiger partial charge in [-0.1, -0.05) is 19.9 Å². The summed E-state index contributed by atoms with van der Waals surface area (Å²) >= 11 is 0. The van der Waals surface area contributed by atoms with Gasteiger partial charge < -0.3 is 5.32 Å². The highest BCUT2D eigenvalue weighted by Crippen LogP contribution is 2.23. The number of amides is 1. The number of hydrogen-bond donors (Lipinski definition) is 1. The number of rotatable bonds is 7. The summed E-state index contributed by atoms with van der Waals surface area (Å²) in [6, 6.07) is 6.90. The van der Waals surface area contributed by atoms with E-state index in [1.807, 2.05) is 27.7 Å². The number of sulfonamides is 1. The van der Waals surface area contributed by atoms with Gasteiger partial charge in [-0.3, -0.25) is 9.78 Å². The van der Waals surface area contributed by atoms with Crippen LogP contribution in [0.1, 0.15) is 55.4 Å². The third-order valence-corrected chi connectivity index (χ3v) is 7.62. The summed E-state index contributed by atoms with van der Waals surface area (Å²) in [5.41, 5.74) is 2.46. The molecule has 0 radical (unpaired) electrons. The first kappa shape index (κ1) is 23.9. The van der Waals surface area contributed by atoms with Crippen molar-refractivity contribution in [3.8, 4) is 11.5 Å². The summed E-state index contributed by atoms with van der Waals surface area (Å²) in [7, 11) is -3.36. The summed E-state index contributed by atoms with van der Waals surface area (Å²) in [6.07, 6.45) is 2.22. The summed E-state index contributed by atoms with van der Waals surface area (Å²) in [5.74, 6) is 0.543. The molecule has 0 unspecified atom stereocenters. The number of fused-ring (bicyclic) bond motifs is 1. The number of hydrogen-bond acceptors (Lipinski definition) is 8. The molecule has 0 saturated heterocycles. The van der Waals surface area contributed by atoms with Crippen molar-refractivity contribution in [1.29, 1.82) is 0 Å². The number of nitrogens with zero attached hydrogens (tertiary/aromatic N) is 7. The molecule has 1 aliphatic rings. The van der Waals surface area contributed by atoms with Crippen LogP contribution in [0.3, 0.4) is 0 Å². The van der Waals surface area contributed by atoms with Crippen LogP contribution in [-0.2, 0) is 23.0 Å². The van der Waals surface area contributed by atoms with Crippen LogP contribution in [0.5, 0.6) is 0 Å². The number of nitrogens with one attached hydrogen (secondary N) is 1. The van der Waals surface area contributed by atoms with Crippen LogP contribution in [-0.4, -0.2) is 61.1 Å². The molecule has 1 N–H and O–H groups in total. The molecule has 180 valence electrons. The summed E-state index contributed by atoms with van der Waals surface area (Å²) in [6.45, 7) is 8.34. The Kier molecular flexibility index (Phi) is 6.71. The van der Waals surface area contributed by atoms with Crippen molar-refractivity contribution in [2.75, 3.05) is 17.6 Å². The number of anilines is 1. The second-order valence-electron chi connectivity index (χ2n) is 9.00. The molecule has 1 amide bonds. The Bertz CT molecular complexity index is 1300. The Morgan fingerprint density at radius 2 is 1.97 bits per heavy atom. The molecule has 0 aliphatic carbocycles. The molecule has 34 heavy (non-hydrogen) atoms. The minimum absolute atomic E-state index is 0.0404. The number of aromatic nitrogens is 6. The van der Waals surface area contributed by atoms with Gasteiger partial charge >= 0.3 is 0 Å². The van der Waals surface area contributed by atoms with Gasteiger partial charge in [0.1, 0.15) is 17.2 Å². The van der Waals surface area contributed by atoms with E-state index < -0.39 is 15.9 Å². The summed E-state index contributed by atoms with van der Waals surface area (Å²) < 4.78 is 28.5. The molecule has 1 aliphatic heterocycles. The van der Waals surface area contributed by atoms with Crippen molar-refractivity contribution in [2.24, 2.45) is 5.92 Å². The topological polar surface area (TPSA) is 136 Å². The lowest BCUT2D eigenvalue weighted by atomic mass is 10.0. The van der Waals surface area contributed by atoms with Gasteiger partial charge in [-0.2, -0.15) is 4.31 Å². The van der Waals surface area contributed by atoms with Crippen LogP contribution in [0.15, 0.2) is 30.5 Å². The van der Waals surface area contributed by atoms with Crippen LogP contribution >= 0.6 is 0 Å². The first-order chi connectivity index (χ1) is 16.1. The summed E-state index contributed by atoms with van der Waals surface area (Å²) in [5, 5.41) is 14.5. The largest absolute Gasteiger partial charge is 0.305 e. The predicted octanol–water partition coefficient (Wildman–Crippen LogP) is 2.31. The zero-order valence-corrected chi connectivity index (χ0v) is 20.4. The standard InChI is InChI=1S/C22H28N8O3S/c1-14(2)13-34(32,33)29-9-8-16-11-23-19(10-17(16)12-29)22(31)25-20-7-5-6-18(24-20)21-26-27-28-30(21)15(3)4/h5-7,10-11,14-15H,8-9,12-13H2,1-4H3,(H,24,25,31). The second kappa shape index (κ2) is 9.55. The highest BCUT2D eigenvalue weighted by atomic mass is 32.2. The minimum Gasteiger partial charge on any atom is -0.305 e. The normalized spacial score (nSPS) is 14.4. The first-order valence-electron chi connectivity index (χ1n) is 11.2. The SMILES string of the molecule is CC(C)CS(=O)(=O)N1CCc2cnc(C(=O)Nc3cccc(-c4nnnn4C(C)C)n3)cc2C1. The first-order valence-corrected chi connectivity index (χ1v) is 12.8. The molecular formula is C22H28N8O3S. The zero-order valence-electron chi connectivity index (χ0n) is 19.6. The van der Waals surface area contributed by atoms with Gasteiger partial charge in [0.2, 0.25) is 15.8 Å². The van der Waals surface area contributed by atoms with Crippen molar-refractivity contribution < 1.29 is 13.2 Å². The van der Waals surface area contributed by atoms with Gasteiger partial charge in [-0.25, -0.2) is 18.1 Å². The average molecular weight is 485 g/mol. The zero-order chi connectivity index (χ0) is 24.5. The monoisotopic (exact) mass is 484 g/mol.